The van der Waals surface area contributed by atoms with Crippen LogP contribution in [0, 0.1) is 5.82 Å². The summed E-state index contributed by atoms with van der Waals surface area (Å²) in [5.41, 5.74) is 7.16. The molecule has 0 fully saturated rings. The first-order valence-electron chi connectivity index (χ1n) is 8.19. The van der Waals surface area contributed by atoms with Crippen molar-refractivity contribution in [2.75, 3.05) is 20.6 Å². The van der Waals surface area contributed by atoms with Gasteiger partial charge in [0, 0.05) is 18.7 Å². The number of carbonyl (C=O) groups excluding carboxylic acids is 2. The number of nitrogens with two attached hydrogens (primary N) is 1. The van der Waals surface area contributed by atoms with E-state index in [1.165, 1.54) is 12.1 Å². The Balaban J connectivity index is 1.98. The molecule has 1 atom stereocenters. The van der Waals surface area contributed by atoms with E-state index in [0.717, 1.165) is 11.1 Å². The van der Waals surface area contributed by atoms with E-state index in [9.17, 15) is 14.0 Å². The summed E-state index contributed by atoms with van der Waals surface area (Å²) < 4.78 is 13.5. The third kappa shape index (κ3) is 5.56. The maximum atomic E-state index is 13.5. The first-order chi connectivity index (χ1) is 12.4. The molecule has 0 heterocycles. The molecule has 0 unspecified atom stereocenters. The van der Waals surface area contributed by atoms with Crippen LogP contribution in [0.15, 0.2) is 48.5 Å². The maximum absolute atomic E-state index is 13.5. The van der Waals surface area contributed by atoms with Crippen LogP contribution in [0.4, 0.5) is 9.18 Å². The van der Waals surface area contributed by atoms with E-state index in [0.29, 0.717) is 18.7 Å². The highest BCUT2D eigenvalue weighted by atomic mass is 19.1. The highest BCUT2D eigenvalue weighted by molar-refractivity contribution is 5.94. The number of rotatable bonds is 7. The number of nitrogens with zero attached hydrogens (tertiary/aromatic N) is 1. The van der Waals surface area contributed by atoms with Crippen molar-refractivity contribution in [2.45, 2.75) is 12.6 Å². The molecule has 2 rings (SSSR count). The highest BCUT2D eigenvalue weighted by Gasteiger charge is 2.16. The molecule has 2 aromatic rings. The SMILES string of the molecule is CN(C)[C@@H](CNC(=O)c1ccc(CNC(N)=O)cc1)c1cccc(F)c1. The minimum Gasteiger partial charge on any atom is -0.352 e. The van der Waals surface area contributed by atoms with Crippen LogP contribution in [0.1, 0.15) is 27.5 Å². The lowest BCUT2D eigenvalue weighted by Crippen LogP contribution is -2.34. The van der Waals surface area contributed by atoms with Gasteiger partial charge in [-0.3, -0.25) is 4.79 Å². The number of nitrogens with one attached hydrogen (secondary N) is 2. The van der Waals surface area contributed by atoms with Gasteiger partial charge in [-0.15, -0.1) is 0 Å². The maximum Gasteiger partial charge on any atom is 0.312 e. The Hall–Kier alpha value is -2.93. The Morgan fingerprint density at radius 2 is 1.81 bits per heavy atom. The van der Waals surface area contributed by atoms with Crippen molar-refractivity contribution in [1.82, 2.24) is 15.5 Å². The zero-order valence-electron chi connectivity index (χ0n) is 14.8. The standard InChI is InChI=1S/C19H23FN4O2/c1-24(2)17(15-4-3-5-16(20)10-15)12-22-18(25)14-8-6-13(7-9-14)11-23-19(21)26/h3-10,17H,11-12H2,1-2H3,(H,22,25)(H3,21,23,26)/t17-/m0/s1. The lowest BCUT2D eigenvalue weighted by atomic mass is 10.1. The Morgan fingerprint density at radius 1 is 1.12 bits per heavy atom. The third-order valence-corrected chi connectivity index (χ3v) is 4.00. The summed E-state index contributed by atoms with van der Waals surface area (Å²) in [4.78, 5) is 25.0. The number of hydrogen-bond donors (Lipinski definition) is 3. The van der Waals surface area contributed by atoms with Gasteiger partial charge in [0.1, 0.15) is 5.82 Å². The molecule has 0 aromatic heterocycles. The lowest BCUT2D eigenvalue weighted by molar-refractivity contribution is 0.0942. The first kappa shape index (κ1) is 19.4. The van der Waals surface area contributed by atoms with Crippen molar-refractivity contribution in [3.63, 3.8) is 0 Å². The minimum atomic E-state index is -0.598. The second-order valence-corrected chi connectivity index (χ2v) is 6.16. The Bertz CT molecular complexity index is 762. The number of urea groups is 1. The topological polar surface area (TPSA) is 87.5 Å². The van der Waals surface area contributed by atoms with Gasteiger partial charge in [0.15, 0.2) is 0 Å². The van der Waals surface area contributed by atoms with Crippen LogP contribution < -0.4 is 16.4 Å². The molecule has 6 nitrogen and oxygen atoms in total. The minimum absolute atomic E-state index is 0.145. The first-order valence-corrected chi connectivity index (χ1v) is 8.19. The smallest absolute Gasteiger partial charge is 0.312 e. The molecule has 0 radical (unpaired) electrons. The van der Waals surface area contributed by atoms with Crippen molar-refractivity contribution < 1.29 is 14.0 Å². The van der Waals surface area contributed by atoms with E-state index in [2.05, 4.69) is 10.6 Å². The quantitative estimate of drug-likeness (QED) is 0.708. The van der Waals surface area contributed by atoms with Crippen LogP contribution in [-0.4, -0.2) is 37.5 Å². The monoisotopic (exact) mass is 358 g/mol. The average Bonchev–Trinajstić information content (AvgIpc) is 2.60. The van der Waals surface area contributed by atoms with Gasteiger partial charge in [0.05, 0.1) is 6.04 Å². The number of primary amides is 1. The molecular weight excluding hydrogens is 335 g/mol. The molecule has 26 heavy (non-hydrogen) atoms. The zero-order valence-corrected chi connectivity index (χ0v) is 14.8. The summed E-state index contributed by atoms with van der Waals surface area (Å²) in [6.45, 7) is 0.653. The van der Waals surface area contributed by atoms with Crippen LogP contribution >= 0.6 is 0 Å². The van der Waals surface area contributed by atoms with E-state index in [1.807, 2.05) is 25.1 Å². The molecule has 0 spiro atoms. The number of amides is 3. The van der Waals surface area contributed by atoms with Crippen LogP contribution in [-0.2, 0) is 6.54 Å². The van der Waals surface area contributed by atoms with E-state index in [-0.39, 0.29) is 17.8 Å². The molecule has 0 saturated heterocycles. The molecule has 138 valence electrons. The van der Waals surface area contributed by atoms with Crippen LogP contribution in [0.25, 0.3) is 0 Å². The summed E-state index contributed by atoms with van der Waals surface area (Å²) in [5.74, 6) is -0.525. The van der Waals surface area contributed by atoms with Crippen molar-refractivity contribution in [3.05, 3.63) is 71.0 Å². The van der Waals surface area contributed by atoms with Crippen molar-refractivity contribution in [2.24, 2.45) is 5.73 Å². The fourth-order valence-corrected chi connectivity index (χ4v) is 2.57. The molecule has 0 aliphatic heterocycles. The molecule has 0 saturated carbocycles. The van der Waals surface area contributed by atoms with E-state index >= 15 is 0 Å². The number of halogens is 1. The van der Waals surface area contributed by atoms with Gasteiger partial charge in [0.2, 0.25) is 0 Å². The van der Waals surface area contributed by atoms with E-state index in [4.69, 9.17) is 5.73 Å². The lowest BCUT2D eigenvalue weighted by Gasteiger charge is -2.25. The van der Waals surface area contributed by atoms with Crippen LogP contribution in [0.5, 0.6) is 0 Å². The molecule has 7 heteroatoms. The van der Waals surface area contributed by atoms with Crippen LogP contribution in [0.3, 0.4) is 0 Å². The summed E-state index contributed by atoms with van der Waals surface area (Å²) in [5, 5.41) is 5.36. The summed E-state index contributed by atoms with van der Waals surface area (Å²) in [6, 6.07) is 12.5. The molecule has 0 aliphatic rings. The zero-order chi connectivity index (χ0) is 19.1. The van der Waals surface area contributed by atoms with Gasteiger partial charge in [-0.05, 0) is 49.5 Å². The average molecular weight is 358 g/mol. The summed E-state index contributed by atoms with van der Waals surface area (Å²) >= 11 is 0. The number of hydrogen-bond acceptors (Lipinski definition) is 3. The molecule has 4 N–H and O–H groups in total. The predicted octanol–water partition coefficient (Wildman–Crippen LogP) is 2.03. The van der Waals surface area contributed by atoms with E-state index < -0.39 is 6.03 Å². The normalized spacial score (nSPS) is 11.8. The van der Waals surface area contributed by atoms with Crippen molar-refractivity contribution in [3.8, 4) is 0 Å². The molecule has 3 amide bonds. The van der Waals surface area contributed by atoms with Gasteiger partial charge in [-0.1, -0.05) is 24.3 Å². The van der Waals surface area contributed by atoms with Gasteiger partial charge >= 0.3 is 6.03 Å². The molecule has 0 aliphatic carbocycles. The van der Waals surface area contributed by atoms with Gasteiger partial charge < -0.3 is 21.3 Å². The summed E-state index contributed by atoms with van der Waals surface area (Å²) in [7, 11) is 3.75. The van der Waals surface area contributed by atoms with Gasteiger partial charge in [0.25, 0.3) is 5.91 Å². The largest absolute Gasteiger partial charge is 0.352 e. The highest BCUT2D eigenvalue weighted by Crippen LogP contribution is 2.18. The Labute approximate surface area is 152 Å². The fourth-order valence-electron chi connectivity index (χ4n) is 2.57. The summed E-state index contributed by atoms with van der Waals surface area (Å²) in [6.07, 6.45) is 0. The van der Waals surface area contributed by atoms with E-state index in [1.54, 1.807) is 30.3 Å². The van der Waals surface area contributed by atoms with Gasteiger partial charge in [-0.2, -0.15) is 0 Å². The molecule has 2 aromatic carbocycles. The second kappa shape index (κ2) is 8.96. The molecule has 0 bridgehead atoms. The predicted molar refractivity (Wildman–Crippen MR) is 98.0 cm³/mol. The van der Waals surface area contributed by atoms with Gasteiger partial charge in [-0.25, -0.2) is 9.18 Å². The second-order valence-electron chi connectivity index (χ2n) is 6.16. The molecular formula is C19H23FN4O2. The van der Waals surface area contributed by atoms with Crippen molar-refractivity contribution in [1.29, 1.82) is 0 Å². The van der Waals surface area contributed by atoms with Crippen molar-refractivity contribution >= 4 is 11.9 Å². The van der Waals surface area contributed by atoms with Crippen LogP contribution in [0.2, 0.25) is 0 Å². The number of carbonyl (C=O) groups is 2. The third-order valence-electron chi connectivity index (χ3n) is 4.00. The fraction of sp³-hybridized carbons (Fsp3) is 0.263. The Morgan fingerprint density at radius 3 is 2.38 bits per heavy atom. The number of benzene rings is 2. The number of likely N-dealkylation sites (N-methyl/N-ethyl adjacent to an activating group) is 1. The Kier molecular flexibility index (Phi) is 6.68.